The summed E-state index contributed by atoms with van der Waals surface area (Å²) in [4.78, 5) is 36.9. The number of carbonyl (C=O) groups excluding carboxylic acids is 3. The van der Waals surface area contributed by atoms with E-state index in [4.69, 9.17) is 9.47 Å². The molecule has 0 saturated heterocycles. The molecule has 0 aliphatic carbocycles. The zero-order valence-electron chi connectivity index (χ0n) is 12.8. The normalized spacial score (nSPS) is 12.9. The van der Waals surface area contributed by atoms with Crippen LogP contribution in [0.5, 0.6) is 5.75 Å². The lowest BCUT2D eigenvalue weighted by Gasteiger charge is -2.14. The van der Waals surface area contributed by atoms with Crippen molar-refractivity contribution in [1.29, 1.82) is 0 Å². The second-order valence-corrected chi connectivity index (χ2v) is 5.14. The number of amides is 2. The summed E-state index contributed by atoms with van der Waals surface area (Å²) in [5.74, 6) is -0.791. The molecule has 0 bridgehead atoms. The molecule has 0 atom stereocenters. The third kappa shape index (κ3) is 3.27. The summed E-state index contributed by atoms with van der Waals surface area (Å²) in [5.41, 5.74) is 0.650. The van der Waals surface area contributed by atoms with Gasteiger partial charge in [-0.3, -0.25) is 14.4 Å². The Morgan fingerprint density at radius 3 is 2.08 bits per heavy atom. The zero-order chi connectivity index (χ0) is 16.9. The third-order valence-corrected chi connectivity index (χ3v) is 3.55. The minimum absolute atomic E-state index is 0.0259. The predicted octanol–water partition coefficient (Wildman–Crippen LogP) is 2.25. The summed E-state index contributed by atoms with van der Waals surface area (Å²) in [7, 11) is 0. The Kier molecular flexibility index (Phi) is 4.56. The maximum absolute atomic E-state index is 12.1. The maximum Gasteiger partial charge on any atom is 0.310 e. The number of esters is 1. The molecule has 6 nitrogen and oxygen atoms in total. The van der Waals surface area contributed by atoms with Crippen LogP contribution in [0, 0.1) is 0 Å². The van der Waals surface area contributed by atoms with Gasteiger partial charge in [-0.15, -0.1) is 0 Å². The van der Waals surface area contributed by atoms with E-state index in [2.05, 4.69) is 0 Å². The summed E-state index contributed by atoms with van der Waals surface area (Å²) in [6.07, 6.45) is 0.0259. The van der Waals surface area contributed by atoms with Gasteiger partial charge in [-0.1, -0.05) is 30.3 Å². The van der Waals surface area contributed by atoms with E-state index in [1.54, 1.807) is 36.4 Å². The van der Waals surface area contributed by atoms with Gasteiger partial charge in [0.15, 0.2) is 6.73 Å². The smallest absolute Gasteiger partial charge is 0.310 e. The van der Waals surface area contributed by atoms with Gasteiger partial charge in [-0.05, 0) is 24.3 Å². The van der Waals surface area contributed by atoms with Crippen molar-refractivity contribution in [2.45, 2.75) is 6.42 Å². The molecule has 122 valence electrons. The molecule has 1 aliphatic rings. The number of para-hydroxylation sites is 1. The van der Waals surface area contributed by atoms with Crippen LogP contribution < -0.4 is 4.74 Å². The molecule has 0 N–H and O–H groups in total. The van der Waals surface area contributed by atoms with Gasteiger partial charge in [0.25, 0.3) is 11.8 Å². The van der Waals surface area contributed by atoms with Crippen LogP contribution in [0.1, 0.15) is 27.1 Å². The van der Waals surface area contributed by atoms with Gasteiger partial charge in [0, 0.05) is 0 Å². The van der Waals surface area contributed by atoms with E-state index in [1.807, 2.05) is 18.2 Å². The molecule has 0 saturated carbocycles. The van der Waals surface area contributed by atoms with Crippen LogP contribution in [0.4, 0.5) is 0 Å². The molecule has 0 fully saturated rings. The summed E-state index contributed by atoms with van der Waals surface area (Å²) < 4.78 is 10.4. The van der Waals surface area contributed by atoms with E-state index in [0.717, 1.165) is 4.90 Å². The first kappa shape index (κ1) is 15.7. The quantitative estimate of drug-likeness (QED) is 0.602. The van der Waals surface area contributed by atoms with Gasteiger partial charge in [-0.25, -0.2) is 4.90 Å². The number of rotatable bonds is 6. The fourth-order valence-corrected chi connectivity index (χ4v) is 2.33. The van der Waals surface area contributed by atoms with E-state index >= 15 is 0 Å². The minimum Gasteiger partial charge on any atom is -0.493 e. The number of imide groups is 1. The van der Waals surface area contributed by atoms with Gasteiger partial charge in [0.1, 0.15) is 5.75 Å². The Morgan fingerprint density at radius 1 is 0.875 bits per heavy atom. The monoisotopic (exact) mass is 325 g/mol. The lowest BCUT2D eigenvalue weighted by Crippen LogP contribution is -2.33. The van der Waals surface area contributed by atoms with Crippen molar-refractivity contribution in [3.8, 4) is 5.75 Å². The lowest BCUT2D eigenvalue weighted by molar-refractivity contribution is -0.146. The standard InChI is InChI=1S/C18H15NO5/c20-16(10-11-23-13-6-2-1-3-7-13)24-12-19-17(21)14-8-4-5-9-15(14)18(19)22/h1-9H,10-12H2. The SMILES string of the molecule is O=C(CCOc1ccccc1)OCN1C(=O)c2ccccc2C1=O. The molecule has 6 heteroatoms. The van der Waals surface area contributed by atoms with Crippen molar-refractivity contribution in [2.24, 2.45) is 0 Å². The number of hydrogen-bond donors (Lipinski definition) is 0. The van der Waals surface area contributed by atoms with Crippen LogP contribution in [0.15, 0.2) is 54.6 Å². The van der Waals surface area contributed by atoms with Crippen LogP contribution in [0.2, 0.25) is 0 Å². The average molecular weight is 325 g/mol. The van der Waals surface area contributed by atoms with E-state index < -0.39 is 24.5 Å². The topological polar surface area (TPSA) is 72.9 Å². The summed E-state index contributed by atoms with van der Waals surface area (Å²) in [5, 5.41) is 0. The highest BCUT2D eigenvalue weighted by molar-refractivity contribution is 6.21. The number of nitrogens with zero attached hydrogens (tertiary/aromatic N) is 1. The molecule has 2 amide bonds. The van der Waals surface area contributed by atoms with E-state index in [9.17, 15) is 14.4 Å². The van der Waals surface area contributed by atoms with Crippen molar-refractivity contribution in [3.05, 3.63) is 65.7 Å². The Hall–Kier alpha value is -3.15. The molecular weight excluding hydrogens is 310 g/mol. The van der Waals surface area contributed by atoms with Gasteiger partial charge < -0.3 is 9.47 Å². The molecule has 24 heavy (non-hydrogen) atoms. The Balaban J connectivity index is 1.47. The molecule has 0 spiro atoms. The van der Waals surface area contributed by atoms with Crippen LogP contribution >= 0.6 is 0 Å². The Morgan fingerprint density at radius 2 is 1.46 bits per heavy atom. The minimum atomic E-state index is -0.539. The summed E-state index contributed by atoms with van der Waals surface area (Å²) in [6, 6.07) is 15.6. The molecule has 3 rings (SSSR count). The average Bonchev–Trinajstić information content (AvgIpc) is 2.85. The first-order chi connectivity index (χ1) is 11.7. The highest BCUT2D eigenvalue weighted by Gasteiger charge is 2.35. The highest BCUT2D eigenvalue weighted by Crippen LogP contribution is 2.22. The largest absolute Gasteiger partial charge is 0.493 e. The molecule has 0 unspecified atom stereocenters. The van der Waals surface area contributed by atoms with Gasteiger partial charge in [0.2, 0.25) is 0 Å². The van der Waals surface area contributed by atoms with Crippen molar-refractivity contribution < 1.29 is 23.9 Å². The summed E-state index contributed by atoms with van der Waals surface area (Å²) >= 11 is 0. The highest BCUT2D eigenvalue weighted by atomic mass is 16.5. The number of ether oxygens (including phenoxy) is 2. The molecule has 0 aromatic heterocycles. The van der Waals surface area contributed by atoms with Gasteiger partial charge >= 0.3 is 5.97 Å². The van der Waals surface area contributed by atoms with Crippen LogP contribution in [-0.4, -0.2) is 36.0 Å². The number of carbonyl (C=O) groups is 3. The predicted molar refractivity (Wildman–Crippen MR) is 84.5 cm³/mol. The van der Waals surface area contributed by atoms with E-state index in [1.165, 1.54) is 0 Å². The Labute approximate surface area is 138 Å². The Bertz CT molecular complexity index is 737. The van der Waals surface area contributed by atoms with Crippen LogP contribution in [0.3, 0.4) is 0 Å². The maximum atomic E-state index is 12.1. The second-order valence-electron chi connectivity index (χ2n) is 5.14. The van der Waals surface area contributed by atoms with Crippen molar-refractivity contribution in [3.63, 3.8) is 0 Å². The summed E-state index contributed by atoms with van der Waals surface area (Å²) in [6.45, 7) is -0.235. The van der Waals surface area contributed by atoms with E-state index in [0.29, 0.717) is 16.9 Å². The van der Waals surface area contributed by atoms with Crippen molar-refractivity contribution in [2.75, 3.05) is 13.3 Å². The second kappa shape index (κ2) is 6.95. The third-order valence-electron chi connectivity index (χ3n) is 3.55. The fraction of sp³-hybridized carbons (Fsp3) is 0.167. The fourth-order valence-electron chi connectivity index (χ4n) is 2.33. The molecular formula is C18H15NO5. The number of hydrogen-bond acceptors (Lipinski definition) is 5. The first-order valence-corrected chi connectivity index (χ1v) is 7.45. The van der Waals surface area contributed by atoms with Gasteiger partial charge in [0.05, 0.1) is 24.2 Å². The molecule has 0 radical (unpaired) electrons. The molecule has 2 aromatic carbocycles. The van der Waals surface area contributed by atoms with Crippen LogP contribution in [-0.2, 0) is 9.53 Å². The number of fused-ring (bicyclic) bond motifs is 1. The zero-order valence-corrected chi connectivity index (χ0v) is 12.8. The molecule has 1 aliphatic heterocycles. The first-order valence-electron chi connectivity index (χ1n) is 7.45. The van der Waals surface area contributed by atoms with Crippen LogP contribution in [0.25, 0.3) is 0 Å². The van der Waals surface area contributed by atoms with Crippen molar-refractivity contribution in [1.82, 2.24) is 4.90 Å². The van der Waals surface area contributed by atoms with Gasteiger partial charge in [-0.2, -0.15) is 0 Å². The molecule has 1 heterocycles. The van der Waals surface area contributed by atoms with E-state index in [-0.39, 0.29) is 13.0 Å². The van der Waals surface area contributed by atoms with Crippen molar-refractivity contribution >= 4 is 17.8 Å². The molecule has 2 aromatic rings. The number of benzene rings is 2. The lowest BCUT2D eigenvalue weighted by atomic mass is 10.1.